The Morgan fingerprint density at radius 3 is 2.04 bits per heavy atom. The van der Waals surface area contributed by atoms with E-state index < -0.39 is 0 Å². The van der Waals surface area contributed by atoms with Crippen LogP contribution in [0.3, 0.4) is 0 Å². The highest BCUT2D eigenvalue weighted by Gasteiger charge is 2.26. The molecule has 0 bridgehead atoms. The van der Waals surface area contributed by atoms with Gasteiger partial charge in [-0.1, -0.05) is 146 Å². The molecule has 2 N–H and O–H groups in total. The minimum Gasteiger partial charge on any atom is -0.456 e. The lowest BCUT2D eigenvalue weighted by Gasteiger charge is -2.32. The Labute approximate surface area is 293 Å². The number of hydrogen-bond acceptors (Lipinski definition) is 5. The predicted molar refractivity (Wildman–Crippen MR) is 209 cm³/mol. The van der Waals surface area contributed by atoms with Crippen LogP contribution in [0, 0.1) is 0 Å². The lowest BCUT2D eigenvalue weighted by Crippen LogP contribution is -2.44. The third-order valence-electron chi connectivity index (χ3n) is 9.79. The molecular formula is C45H31N3OS. The molecule has 2 unspecified atom stereocenters. The summed E-state index contributed by atoms with van der Waals surface area (Å²) in [7, 11) is 0. The van der Waals surface area contributed by atoms with E-state index in [2.05, 4.69) is 162 Å². The minimum atomic E-state index is -0.283. The summed E-state index contributed by atoms with van der Waals surface area (Å²) in [6.45, 7) is 0. The van der Waals surface area contributed by atoms with Crippen LogP contribution in [0.5, 0.6) is 0 Å². The van der Waals surface area contributed by atoms with Gasteiger partial charge in [-0.25, -0.2) is 4.99 Å². The average molecular weight is 662 g/mol. The zero-order chi connectivity index (χ0) is 33.0. The summed E-state index contributed by atoms with van der Waals surface area (Å²) in [4.78, 5) is 5.20. The highest BCUT2D eigenvalue weighted by atomic mass is 32.1. The van der Waals surface area contributed by atoms with Crippen molar-refractivity contribution in [1.82, 2.24) is 10.6 Å². The van der Waals surface area contributed by atoms with Gasteiger partial charge in [0.05, 0.1) is 0 Å². The summed E-state index contributed by atoms with van der Waals surface area (Å²) in [6.07, 6.45) is -0.424. The zero-order valence-electron chi connectivity index (χ0n) is 27.0. The molecule has 3 heterocycles. The molecule has 0 radical (unpaired) electrons. The number of thiophene rings is 1. The number of nitrogens with zero attached hydrogens (tertiary/aromatic N) is 1. The van der Waals surface area contributed by atoms with Crippen molar-refractivity contribution < 1.29 is 4.42 Å². The molecular weight excluding hydrogens is 631 g/mol. The molecule has 5 heteroatoms. The number of fused-ring (bicyclic) bond motifs is 6. The van der Waals surface area contributed by atoms with Gasteiger partial charge >= 0.3 is 0 Å². The van der Waals surface area contributed by atoms with Gasteiger partial charge in [0.1, 0.15) is 29.3 Å². The van der Waals surface area contributed by atoms with Crippen LogP contribution >= 0.6 is 11.3 Å². The van der Waals surface area contributed by atoms with Crippen LogP contribution in [0.1, 0.15) is 29.0 Å². The van der Waals surface area contributed by atoms with Crippen LogP contribution in [0.4, 0.5) is 0 Å². The van der Waals surface area contributed by atoms with E-state index in [0.29, 0.717) is 0 Å². The van der Waals surface area contributed by atoms with Gasteiger partial charge < -0.3 is 9.73 Å². The van der Waals surface area contributed by atoms with Crippen molar-refractivity contribution in [3.8, 4) is 22.3 Å². The molecule has 0 amide bonds. The summed E-state index contributed by atoms with van der Waals surface area (Å²) in [5.74, 6) is 0.856. The molecule has 0 spiro atoms. The standard InChI is InChI=1S/C45H31N3OS/c1-3-11-28(12-4-1)29-21-23-31(24-22-29)44-46-43(30-13-5-2-6-14-30)47-45(48-44)32-25-26-37-39(27-32)49-38-19-10-16-34(41(37)38)36-18-9-17-35-33-15-7-8-20-40(33)50-42(35)36/h1-27,44-45,48H,(H,46,47). The van der Waals surface area contributed by atoms with E-state index >= 15 is 0 Å². The quantitative estimate of drug-likeness (QED) is 0.193. The van der Waals surface area contributed by atoms with Crippen LogP contribution in [0.15, 0.2) is 173 Å². The Morgan fingerprint density at radius 2 is 1.20 bits per heavy atom. The van der Waals surface area contributed by atoms with E-state index in [1.807, 2.05) is 23.5 Å². The molecule has 2 atom stereocenters. The molecule has 1 aliphatic heterocycles. The fourth-order valence-electron chi connectivity index (χ4n) is 7.34. The second-order valence-corrected chi connectivity index (χ2v) is 13.8. The number of nitrogens with one attached hydrogen (secondary N) is 2. The maximum atomic E-state index is 6.61. The molecule has 238 valence electrons. The van der Waals surface area contributed by atoms with Gasteiger partial charge in [0.15, 0.2) is 0 Å². The van der Waals surface area contributed by atoms with Gasteiger partial charge in [-0.3, -0.25) is 5.32 Å². The smallest absolute Gasteiger partial charge is 0.136 e. The summed E-state index contributed by atoms with van der Waals surface area (Å²) in [5, 5.41) is 12.3. The molecule has 2 aromatic heterocycles. The molecule has 4 nitrogen and oxygen atoms in total. The van der Waals surface area contributed by atoms with Gasteiger partial charge in [-0.05, 0) is 46.0 Å². The first-order valence-corrected chi connectivity index (χ1v) is 17.8. The van der Waals surface area contributed by atoms with E-state index in [-0.39, 0.29) is 12.3 Å². The molecule has 0 fully saturated rings. The Morgan fingerprint density at radius 1 is 0.520 bits per heavy atom. The summed E-state index contributed by atoms with van der Waals surface area (Å²) < 4.78 is 9.21. The van der Waals surface area contributed by atoms with Gasteiger partial charge in [0.2, 0.25) is 0 Å². The molecule has 0 saturated heterocycles. The lowest BCUT2D eigenvalue weighted by molar-refractivity contribution is 0.409. The Kier molecular flexibility index (Phi) is 6.86. The van der Waals surface area contributed by atoms with Crippen LogP contribution in [-0.4, -0.2) is 5.84 Å². The normalized spacial score (nSPS) is 16.2. The maximum Gasteiger partial charge on any atom is 0.136 e. The van der Waals surface area contributed by atoms with Crippen molar-refractivity contribution >= 4 is 59.3 Å². The molecule has 1 aliphatic rings. The van der Waals surface area contributed by atoms with Crippen molar-refractivity contribution in [1.29, 1.82) is 0 Å². The van der Waals surface area contributed by atoms with Crippen LogP contribution in [0.2, 0.25) is 0 Å². The summed E-state index contributed by atoms with van der Waals surface area (Å²) in [6, 6.07) is 57.9. The van der Waals surface area contributed by atoms with Crippen LogP contribution < -0.4 is 10.6 Å². The van der Waals surface area contributed by atoms with Gasteiger partial charge in [0.25, 0.3) is 0 Å². The number of furan rings is 1. The average Bonchev–Trinajstić information content (AvgIpc) is 3.77. The number of benzene rings is 7. The van der Waals surface area contributed by atoms with E-state index in [1.54, 1.807) is 0 Å². The lowest BCUT2D eigenvalue weighted by atomic mass is 9.97. The summed E-state index contributed by atoms with van der Waals surface area (Å²) >= 11 is 1.86. The van der Waals surface area contributed by atoms with Crippen LogP contribution in [0.25, 0.3) is 64.4 Å². The van der Waals surface area contributed by atoms with E-state index in [9.17, 15) is 0 Å². The van der Waals surface area contributed by atoms with Crippen LogP contribution in [-0.2, 0) is 0 Å². The van der Waals surface area contributed by atoms with Gasteiger partial charge in [-0.15, -0.1) is 11.3 Å². The molecule has 50 heavy (non-hydrogen) atoms. The molecule has 10 rings (SSSR count). The second-order valence-electron chi connectivity index (χ2n) is 12.8. The number of aliphatic imine (C=N–C) groups is 1. The highest BCUT2D eigenvalue weighted by Crippen LogP contribution is 2.44. The first-order chi connectivity index (χ1) is 24.8. The Balaban J connectivity index is 1.05. The van der Waals surface area contributed by atoms with E-state index in [1.165, 1.54) is 42.4 Å². The van der Waals surface area contributed by atoms with Gasteiger partial charge in [0, 0.05) is 42.1 Å². The number of rotatable bonds is 5. The topological polar surface area (TPSA) is 49.6 Å². The van der Waals surface area contributed by atoms with Crippen molar-refractivity contribution in [2.75, 3.05) is 0 Å². The fraction of sp³-hybridized carbons (Fsp3) is 0.0444. The maximum absolute atomic E-state index is 6.61. The SMILES string of the molecule is c1ccc(C2=NC(c3ccc4c(c3)oc3cccc(-c5cccc6c5sc5ccccc56)c34)NC(c3ccc(-c4ccccc4)cc3)N2)cc1. The predicted octanol–water partition coefficient (Wildman–Crippen LogP) is 11.6. The van der Waals surface area contributed by atoms with E-state index in [0.717, 1.165) is 44.5 Å². The third kappa shape index (κ3) is 4.90. The highest BCUT2D eigenvalue weighted by molar-refractivity contribution is 7.26. The number of amidine groups is 1. The largest absolute Gasteiger partial charge is 0.456 e. The van der Waals surface area contributed by atoms with Crippen molar-refractivity contribution in [2.24, 2.45) is 4.99 Å². The molecule has 9 aromatic rings. The first kappa shape index (κ1) is 29.0. The van der Waals surface area contributed by atoms with E-state index in [4.69, 9.17) is 9.41 Å². The van der Waals surface area contributed by atoms with Crippen molar-refractivity contribution in [2.45, 2.75) is 12.3 Å². The number of hydrogen-bond donors (Lipinski definition) is 2. The third-order valence-corrected chi connectivity index (χ3v) is 11.0. The minimum absolute atomic E-state index is 0.141. The Hall–Kier alpha value is -6.01. The Bertz CT molecular complexity index is 2710. The van der Waals surface area contributed by atoms with Crippen molar-refractivity contribution in [3.63, 3.8) is 0 Å². The second kappa shape index (κ2) is 11.8. The molecule has 0 saturated carbocycles. The first-order valence-electron chi connectivity index (χ1n) is 16.9. The molecule has 0 aliphatic carbocycles. The summed E-state index contributed by atoms with van der Waals surface area (Å²) in [5.41, 5.74) is 9.80. The molecule has 7 aromatic carbocycles. The van der Waals surface area contributed by atoms with Crippen molar-refractivity contribution in [3.05, 3.63) is 180 Å². The zero-order valence-corrected chi connectivity index (χ0v) is 27.8. The van der Waals surface area contributed by atoms with Gasteiger partial charge in [-0.2, -0.15) is 0 Å². The monoisotopic (exact) mass is 661 g/mol. The fourth-order valence-corrected chi connectivity index (χ4v) is 8.57.